The SMILES string of the molecule is CNCC(Cc1ccc(I)cc1)c1ccccc1Cl. The highest BCUT2D eigenvalue weighted by Gasteiger charge is 2.14. The van der Waals surface area contributed by atoms with Gasteiger partial charge in [-0.15, -0.1) is 0 Å². The fourth-order valence-corrected chi connectivity index (χ4v) is 2.90. The Balaban J connectivity index is 2.21. The highest BCUT2D eigenvalue weighted by molar-refractivity contribution is 14.1. The first-order valence-corrected chi connectivity index (χ1v) is 7.80. The lowest BCUT2D eigenvalue weighted by Gasteiger charge is -2.18. The molecule has 0 saturated carbocycles. The summed E-state index contributed by atoms with van der Waals surface area (Å²) < 4.78 is 1.27. The normalized spacial score (nSPS) is 12.4. The molecule has 0 radical (unpaired) electrons. The molecule has 0 heterocycles. The Morgan fingerprint density at radius 2 is 1.79 bits per heavy atom. The highest BCUT2D eigenvalue weighted by Crippen LogP contribution is 2.27. The molecular weight excluding hydrogens is 369 g/mol. The van der Waals surface area contributed by atoms with Gasteiger partial charge in [-0.25, -0.2) is 0 Å². The van der Waals surface area contributed by atoms with Gasteiger partial charge < -0.3 is 5.32 Å². The average Bonchev–Trinajstić information content (AvgIpc) is 2.41. The molecular formula is C16H17ClIN. The number of benzene rings is 2. The van der Waals surface area contributed by atoms with E-state index in [0.717, 1.165) is 18.0 Å². The lowest BCUT2D eigenvalue weighted by atomic mass is 9.92. The van der Waals surface area contributed by atoms with E-state index < -0.39 is 0 Å². The van der Waals surface area contributed by atoms with Crippen LogP contribution in [0.5, 0.6) is 0 Å². The molecule has 0 amide bonds. The molecule has 0 spiro atoms. The van der Waals surface area contributed by atoms with Gasteiger partial charge in [0.1, 0.15) is 0 Å². The van der Waals surface area contributed by atoms with E-state index in [1.807, 2.05) is 19.2 Å². The summed E-state index contributed by atoms with van der Waals surface area (Å²) in [6, 6.07) is 16.8. The molecule has 2 aromatic carbocycles. The quantitative estimate of drug-likeness (QED) is 0.748. The van der Waals surface area contributed by atoms with Gasteiger partial charge >= 0.3 is 0 Å². The Morgan fingerprint density at radius 1 is 1.11 bits per heavy atom. The van der Waals surface area contributed by atoms with Crippen LogP contribution in [0.15, 0.2) is 48.5 Å². The average molecular weight is 386 g/mol. The Bertz CT molecular complexity index is 525. The first kappa shape index (κ1) is 14.8. The summed E-state index contributed by atoms with van der Waals surface area (Å²) in [5.74, 6) is 0.402. The minimum atomic E-state index is 0.402. The molecule has 0 fully saturated rings. The third-order valence-corrected chi connectivity index (χ3v) is 4.25. The van der Waals surface area contributed by atoms with Crippen LogP contribution in [-0.2, 0) is 6.42 Å². The van der Waals surface area contributed by atoms with Gasteiger partial charge in [0.05, 0.1) is 0 Å². The van der Waals surface area contributed by atoms with Gasteiger partial charge in [0.15, 0.2) is 0 Å². The fourth-order valence-electron chi connectivity index (χ4n) is 2.25. The van der Waals surface area contributed by atoms with Crippen molar-refractivity contribution >= 4 is 34.2 Å². The molecule has 100 valence electrons. The molecule has 0 aliphatic heterocycles. The van der Waals surface area contributed by atoms with Crippen molar-refractivity contribution in [3.05, 3.63) is 68.3 Å². The second kappa shape index (κ2) is 7.27. The zero-order chi connectivity index (χ0) is 13.7. The van der Waals surface area contributed by atoms with Crippen LogP contribution in [0.1, 0.15) is 17.0 Å². The molecule has 0 aliphatic carbocycles. The molecule has 0 bridgehead atoms. The Labute approximate surface area is 133 Å². The molecule has 2 rings (SSSR count). The predicted octanol–water partition coefficient (Wildman–Crippen LogP) is 4.49. The lowest BCUT2D eigenvalue weighted by Crippen LogP contribution is -2.19. The van der Waals surface area contributed by atoms with Crippen LogP contribution in [-0.4, -0.2) is 13.6 Å². The molecule has 1 nitrogen and oxygen atoms in total. The van der Waals surface area contributed by atoms with Crippen molar-refractivity contribution in [3.63, 3.8) is 0 Å². The van der Waals surface area contributed by atoms with Gasteiger partial charge in [-0.2, -0.15) is 0 Å². The molecule has 0 saturated heterocycles. The molecule has 19 heavy (non-hydrogen) atoms. The van der Waals surface area contributed by atoms with Gasteiger partial charge in [-0.3, -0.25) is 0 Å². The summed E-state index contributed by atoms with van der Waals surface area (Å²) in [6.45, 7) is 0.926. The molecule has 1 unspecified atom stereocenters. The Hall–Kier alpha value is -0.580. The van der Waals surface area contributed by atoms with Crippen molar-refractivity contribution in [2.45, 2.75) is 12.3 Å². The number of hydrogen-bond acceptors (Lipinski definition) is 1. The summed E-state index contributed by atoms with van der Waals surface area (Å²) in [7, 11) is 1.98. The maximum absolute atomic E-state index is 6.32. The van der Waals surface area contributed by atoms with E-state index in [1.165, 1.54) is 14.7 Å². The van der Waals surface area contributed by atoms with E-state index in [1.54, 1.807) is 0 Å². The van der Waals surface area contributed by atoms with Gasteiger partial charge in [-0.1, -0.05) is 41.9 Å². The summed E-state index contributed by atoms with van der Waals surface area (Å²) >= 11 is 8.65. The van der Waals surface area contributed by atoms with Crippen LogP contribution in [0, 0.1) is 3.57 Å². The van der Waals surface area contributed by atoms with Crippen molar-refractivity contribution < 1.29 is 0 Å². The number of hydrogen-bond donors (Lipinski definition) is 1. The van der Waals surface area contributed by atoms with Gasteiger partial charge in [0.2, 0.25) is 0 Å². The predicted molar refractivity (Wildman–Crippen MR) is 91.0 cm³/mol. The van der Waals surface area contributed by atoms with Crippen LogP contribution >= 0.6 is 34.2 Å². The molecule has 2 aromatic rings. The summed E-state index contributed by atoms with van der Waals surface area (Å²) in [5.41, 5.74) is 2.57. The van der Waals surface area contributed by atoms with Crippen LogP contribution in [0.4, 0.5) is 0 Å². The van der Waals surface area contributed by atoms with E-state index in [4.69, 9.17) is 11.6 Å². The first-order chi connectivity index (χ1) is 9.20. The topological polar surface area (TPSA) is 12.0 Å². The van der Waals surface area contributed by atoms with Gasteiger partial charge in [-0.05, 0) is 65.4 Å². The van der Waals surface area contributed by atoms with Gasteiger partial charge in [0.25, 0.3) is 0 Å². The fraction of sp³-hybridized carbons (Fsp3) is 0.250. The molecule has 0 aromatic heterocycles. The van der Waals surface area contributed by atoms with E-state index in [9.17, 15) is 0 Å². The van der Waals surface area contributed by atoms with E-state index >= 15 is 0 Å². The first-order valence-electron chi connectivity index (χ1n) is 6.34. The maximum atomic E-state index is 6.32. The van der Waals surface area contributed by atoms with Crippen molar-refractivity contribution in [2.24, 2.45) is 0 Å². The van der Waals surface area contributed by atoms with Crippen LogP contribution in [0.2, 0.25) is 5.02 Å². The molecule has 3 heteroatoms. The Kier molecular flexibility index (Phi) is 5.67. The molecule has 0 aliphatic rings. The third-order valence-electron chi connectivity index (χ3n) is 3.19. The standard InChI is InChI=1S/C16H17ClIN/c1-19-11-13(15-4-2-3-5-16(15)17)10-12-6-8-14(18)9-7-12/h2-9,13,19H,10-11H2,1H3. The van der Waals surface area contributed by atoms with Gasteiger partial charge in [0, 0.05) is 21.1 Å². The maximum Gasteiger partial charge on any atom is 0.0441 e. The smallest absolute Gasteiger partial charge is 0.0441 e. The van der Waals surface area contributed by atoms with Crippen molar-refractivity contribution in [1.82, 2.24) is 5.32 Å². The number of rotatable bonds is 5. The van der Waals surface area contributed by atoms with E-state index in [2.05, 4.69) is 64.3 Å². The zero-order valence-corrected chi connectivity index (χ0v) is 13.8. The minimum absolute atomic E-state index is 0.402. The number of nitrogens with one attached hydrogen (secondary N) is 1. The summed E-state index contributed by atoms with van der Waals surface area (Å²) in [6.07, 6.45) is 1.00. The highest BCUT2D eigenvalue weighted by atomic mass is 127. The lowest BCUT2D eigenvalue weighted by molar-refractivity contribution is 0.626. The third kappa shape index (κ3) is 4.20. The van der Waals surface area contributed by atoms with E-state index in [0.29, 0.717) is 5.92 Å². The summed E-state index contributed by atoms with van der Waals surface area (Å²) in [5, 5.41) is 4.12. The van der Waals surface area contributed by atoms with Crippen LogP contribution < -0.4 is 5.32 Å². The molecule has 1 N–H and O–H groups in total. The molecule has 1 atom stereocenters. The number of halogens is 2. The summed E-state index contributed by atoms with van der Waals surface area (Å²) in [4.78, 5) is 0. The second-order valence-electron chi connectivity index (χ2n) is 4.61. The van der Waals surface area contributed by atoms with Crippen molar-refractivity contribution in [2.75, 3.05) is 13.6 Å². The zero-order valence-electron chi connectivity index (χ0n) is 10.9. The second-order valence-corrected chi connectivity index (χ2v) is 6.26. The number of likely N-dealkylation sites (N-methyl/N-ethyl adjacent to an activating group) is 1. The van der Waals surface area contributed by atoms with Crippen LogP contribution in [0.25, 0.3) is 0 Å². The van der Waals surface area contributed by atoms with Crippen molar-refractivity contribution in [1.29, 1.82) is 0 Å². The Morgan fingerprint density at radius 3 is 2.42 bits per heavy atom. The van der Waals surface area contributed by atoms with E-state index in [-0.39, 0.29) is 0 Å². The largest absolute Gasteiger partial charge is 0.319 e. The monoisotopic (exact) mass is 385 g/mol. The van der Waals surface area contributed by atoms with Crippen molar-refractivity contribution in [3.8, 4) is 0 Å². The van der Waals surface area contributed by atoms with Crippen LogP contribution in [0.3, 0.4) is 0 Å². The minimum Gasteiger partial charge on any atom is -0.319 e.